The minimum atomic E-state index is -0.885. The zero-order valence-electron chi connectivity index (χ0n) is 53.0. The average Bonchev–Trinajstić information content (AvgIpc) is 1.38. The van der Waals surface area contributed by atoms with Gasteiger partial charge in [0.15, 0.2) is 0 Å². The maximum absolute atomic E-state index is 14.2. The minimum Gasteiger partial charge on any atom is -0.497 e. The number of halogens is 1. The zero-order chi connectivity index (χ0) is 65.7. The van der Waals surface area contributed by atoms with Gasteiger partial charge < -0.3 is 53.9 Å². The molecule has 1 aliphatic carbocycles. The molecule has 6 aromatic carbocycles. The lowest BCUT2D eigenvalue weighted by Crippen LogP contribution is -2.27. The van der Waals surface area contributed by atoms with E-state index in [1.165, 1.54) is 18.9 Å². The van der Waals surface area contributed by atoms with Crippen LogP contribution in [0.2, 0.25) is 0 Å². The Morgan fingerprint density at radius 3 is 1.46 bits per heavy atom. The van der Waals surface area contributed by atoms with Crippen molar-refractivity contribution in [3.05, 3.63) is 171 Å². The Morgan fingerprint density at radius 1 is 0.564 bits per heavy atom. The number of aryl methyl sites for hydroxylation is 2. The van der Waals surface area contributed by atoms with Crippen LogP contribution in [-0.4, -0.2) is 151 Å². The number of hydrogen-bond acceptors (Lipinski definition) is 20. The second-order valence-corrected chi connectivity index (χ2v) is 22.0. The van der Waals surface area contributed by atoms with Crippen molar-refractivity contribution in [1.82, 2.24) is 65.0 Å². The highest BCUT2D eigenvalue weighted by molar-refractivity contribution is 5.86. The number of carboxylic acid groups (broad SMARTS) is 1. The maximum Gasteiger partial charge on any atom is 0.305 e. The molecule has 12 aromatic rings. The minimum absolute atomic E-state index is 0.0427. The topological polar surface area (TPSA) is 267 Å². The van der Waals surface area contributed by atoms with Gasteiger partial charge in [-0.2, -0.15) is 15.3 Å². The van der Waals surface area contributed by atoms with Crippen molar-refractivity contribution < 1.29 is 43.1 Å². The van der Waals surface area contributed by atoms with Gasteiger partial charge in [-0.15, -0.1) is 0 Å². The number of aromatic amines is 1. The van der Waals surface area contributed by atoms with Crippen LogP contribution < -0.4 is 43.7 Å². The van der Waals surface area contributed by atoms with E-state index in [4.69, 9.17) is 43.7 Å². The summed E-state index contributed by atoms with van der Waals surface area (Å²) >= 11 is 0. The van der Waals surface area contributed by atoms with Crippen molar-refractivity contribution in [1.29, 1.82) is 0 Å². The van der Waals surface area contributed by atoms with Crippen LogP contribution >= 0.6 is 0 Å². The van der Waals surface area contributed by atoms with Crippen LogP contribution in [0.25, 0.3) is 66.9 Å². The van der Waals surface area contributed by atoms with Crippen LogP contribution in [0.3, 0.4) is 0 Å². The number of nitrogens with one attached hydrogen (secondary N) is 2. The zero-order valence-corrected chi connectivity index (χ0v) is 53.0. The van der Waals surface area contributed by atoms with Gasteiger partial charge >= 0.3 is 5.97 Å². The molecule has 4 N–H and O–H groups in total. The number of carboxylic acids is 1. The number of rotatable bonds is 24. The molecular weight excluding hydrogens is 1200 g/mol. The predicted molar refractivity (Wildman–Crippen MR) is 359 cm³/mol. The van der Waals surface area contributed by atoms with E-state index in [2.05, 4.69) is 50.5 Å². The van der Waals surface area contributed by atoms with Crippen LogP contribution in [0.4, 0.5) is 38.5 Å². The number of nitrogens with zero attached hydrogens (tertiary/aromatic N) is 14. The SMILES string of the molecule is CNCCN(c1cc(OC)cc(OCCO)c1)c1ccc2ncc(-c3cnn(C)c3)nc2c1.COc1cc(F)cc(N(CC2CC2)c2ccc3ncc(-c4cn[nH]c4)nc3c2)c1.COc1cc(OC)cc(N(CCC(=O)O)c2ccc3ncc(-c4cnn(C)c4)nc3c2)c1. The molecule has 0 saturated heterocycles. The molecule has 6 aromatic heterocycles. The quantitative estimate of drug-likeness (QED) is 0.0438. The van der Waals surface area contributed by atoms with Crippen LogP contribution in [0.1, 0.15) is 19.3 Å². The Hall–Kier alpha value is -11.3. The summed E-state index contributed by atoms with van der Waals surface area (Å²) in [5.74, 6) is 2.44. The molecule has 0 bridgehead atoms. The summed E-state index contributed by atoms with van der Waals surface area (Å²) in [5, 5.41) is 36.8. The summed E-state index contributed by atoms with van der Waals surface area (Å²) in [6, 6.07) is 33.6. The van der Waals surface area contributed by atoms with Gasteiger partial charge in [0, 0.05) is 158 Å². The Labute approximate surface area is 541 Å². The van der Waals surface area contributed by atoms with Gasteiger partial charge in [0.2, 0.25) is 0 Å². The number of ether oxygens (including phenoxy) is 5. The standard InChI is InChI=1S/C24H28N6O3.C23H23N5O4.C22H20FN5O/c1-25-6-7-30(19-10-20(32-3)13-21(11-19)33-9-8-31)18-4-5-22-23(12-18)28-24(15-26-22)17-14-27-29(2)16-17;1-27-14-15(12-25-27)22-13-24-20-5-4-16(10-21(20)26-22)28(7-6-23(29)30)17-8-18(31-2)11-19(9-17)32-3;1-29-19-7-16(23)6-18(8-19)28(13-14-2-3-14)17-4-5-20-21(9-17)27-22(12-24-20)15-10-25-26-11-15/h4-5,10-16,25,31H,6-9H2,1-3H3;4-5,8-14H,6-7H2,1-3H3,(H,29,30);4-12,14H,2-3,13H2,1H3,(H,25,26). The molecule has 1 saturated carbocycles. The molecule has 0 spiro atoms. The van der Waals surface area contributed by atoms with Crippen molar-refractivity contribution in [2.24, 2.45) is 20.0 Å². The molecule has 94 heavy (non-hydrogen) atoms. The van der Waals surface area contributed by atoms with Gasteiger partial charge in [-0.05, 0) is 86.5 Å². The lowest BCUT2D eigenvalue weighted by atomic mass is 10.1. The van der Waals surface area contributed by atoms with E-state index < -0.39 is 5.97 Å². The molecule has 1 aliphatic rings. The molecular formula is C69H71FN16O8. The molecule has 0 aliphatic heterocycles. The van der Waals surface area contributed by atoms with Gasteiger partial charge in [-0.25, -0.2) is 19.3 Å². The molecule has 6 heterocycles. The Bertz CT molecular complexity index is 4540. The van der Waals surface area contributed by atoms with Crippen molar-refractivity contribution in [3.63, 3.8) is 0 Å². The fourth-order valence-corrected chi connectivity index (χ4v) is 10.4. The van der Waals surface area contributed by atoms with Crippen LogP contribution in [0.5, 0.6) is 28.7 Å². The van der Waals surface area contributed by atoms with Gasteiger partial charge in [0.05, 0.1) is 129 Å². The number of carbonyl (C=O) groups is 1. The molecule has 13 rings (SSSR count). The number of aromatic nitrogens is 12. The third-order valence-electron chi connectivity index (χ3n) is 15.4. The molecule has 0 radical (unpaired) electrons. The number of methoxy groups -OCH3 is 4. The van der Waals surface area contributed by atoms with Crippen molar-refractivity contribution in [2.45, 2.75) is 19.3 Å². The number of aliphatic carboxylic acids is 1. The van der Waals surface area contributed by atoms with E-state index in [9.17, 15) is 14.3 Å². The van der Waals surface area contributed by atoms with E-state index >= 15 is 0 Å². The smallest absolute Gasteiger partial charge is 0.305 e. The Morgan fingerprint density at radius 2 is 1.02 bits per heavy atom. The number of likely N-dealkylation sites (N-methyl/N-ethyl adjacent to an activating group) is 1. The summed E-state index contributed by atoms with van der Waals surface area (Å²) < 4.78 is 44.8. The summed E-state index contributed by atoms with van der Waals surface area (Å²) in [7, 11) is 12.0. The molecule has 0 amide bonds. The molecule has 1 fully saturated rings. The van der Waals surface area contributed by atoms with Crippen LogP contribution in [0, 0.1) is 11.7 Å². The highest BCUT2D eigenvalue weighted by Gasteiger charge is 2.27. The van der Waals surface area contributed by atoms with E-state index in [0.717, 1.165) is 103 Å². The number of aliphatic hydroxyl groups is 1. The fourth-order valence-electron chi connectivity index (χ4n) is 10.4. The normalized spacial score (nSPS) is 11.8. The number of anilines is 6. The van der Waals surface area contributed by atoms with E-state index in [1.807, 2.05) is 123 Å². The van der Waals surface area contributed by atoms with Gasteiger partial charge in [0.25, 0.3) is 0 Å². The first kappa shape index (κ1) is 64.2. The van der Waals surface area contributed by atoms with Crippen LogP contribution in [-0.2, 0) is 18.9 Å². The predicted octanol–water partition coefficient (Wildman–Crippen LogP) is 11.1. The lowest BCUT2D eigenvalue weighted by molar-refractivity contribution is -0.136. The molecule has 0 unspecified atom stereocenters. The number of benzene rings is 6. The van der Waals surface area contributed by atoms with Gasteiger partial charge in [-0.3, -0.25) is 34.2 Å². The maximum atomic E-state index is 14.2. The molecule has 482 valence electrons. The highest BCUT2D eigenvalue weighted by atomic mass is 19.1. The first-order valence-electron chi connectivity index (χ1n) is 30.2. The number of aliphatic hydroxyl groups excluding tert-OH is 1. The number of fused-ring (bicyclic) bond motifs is 3. The van der Waals surface area contributed by atoms with Gasteiger partial charge in [0.1, 0.15) is 41.2 Å². The first-order valence-corrected chi connectivity index (χ1v) is 30.2. The van der Waals surface area contributed by atoms with E-state index in [1.54, 1.807) is 99.4 Å². The second kappa shape index (κ2) is 29.8. The van der Waals surface area contributed by atoms with E-state index in [-0.39, 0.29) is 32.0 Å². The second-order valence-electron chi connectivity index (χ2n) is 22.0. The molecule has 25 heteroatoms. The summed E-state index contributed by atoms with van der Waals surface area (Å²) in [6.07, 6.45) is 18.4. The summed E-state index contributed by atoms with van der Waals surface area (Å²) in [5.41, 5.74) is 14.7. The fraction of sp³-hybridized carbons (Fsp3) is 0.246. The summed E-state index contributed by atoms with van der Waals surface area (Å²) in [6.45, 7) is 2.72. The van der Waals surface area contributed by atoms with Crippen LogP contribution in [0.15, 0.2) is 165 Å². The first-order chi connectivity index (χ1) is 45.8. The Kier molecular flexibility index (Phi) is 20.3. The molecule has 0 atom stereocenters. The van der Waals surface area contributed by atoms with Gasteiger partial charge in [-0.1, -0.05) is 0 Å². The number of hydrogen-bond donors (Lipinski definition) is 4. The van der Waals surface area contributed by atoms with E-state index in [0.29, 0.717) is 52.4 Å². The molecule has 24 nitrogen and oxygen atoms in total. The van der Waals surface area contributed by atoms with Crippen molar-refractivity contribution in [3.8, 4) is 62.5 Å². The average molecular weight is 1270 g/mol. The largest absolute Gasteiger partial charge is 0.497 e. The highest BCUT2D eigenvalue weighted by Crippen LogP contribution is 2.39. The Balaban J connectivity index is 0.000000144. The lowest BCUT2D eigenvalue weighted by Gasteiger charge is -2.26. The summed E-state index contributed by atoms with van der Waals surface area (Å²) in [4.78, 5) is 45.5. The van der Waals surface area contributed by atoms with Crippen molar-refractivity contribution in [2.75, 3.05) is 89.6 Å². The monoisotopic (exact) mass is 1270 g/mol. The van der Waals surface area contributed by atoms with Crippen molar-refractivity contribution >= 4 is 73.2 Å². The number of H-pyrrole nitrogens is 1. The third-order valence-corrected chi connectivity index (χ3v) is 15.4. The third kappa shape index (κ3) is 15.9.